The van der Waals surface area contributed by atoms with Crippen LogP contribution in [0.5, 0.6) is 0 Å². The first-order valence-corrected chi connectivity index (χ1v) is 7.58. The van der Waals surface area contributed by atoms with Gasteiger partial charge in [0.05, 0.1) is 10.7 Å². The Morgan fingerprint density at radius 3 is 2.68 bits per heavy atom. The summed E-state index contributed by atoms with van der Waals surface area (Å²) in [5.74, 6) is -0.247. The molecule has 1 amide bonds. The van der Waals surface area contributed by atoms with Crippen molar-refractivity contribution in [1.29, 1.82) is 0 Å². The van der Waals surface area contributed by atoms with Crippen LogP contribution >= 0.6 is 51.1 Å². The summed E-state index contributed by atoms with van der Waals surface area (Å²) in [6.07, 6.45) is 0. The van der Waals surface area contributed by atoms with Crippen LogP contribution in [0.1, 0.15) is 15.2 Å². The fourth-order valence-corrected chi connectivity index (χ4v) is 3.05. The summed E-state index contributed by atoms with van der Waals surface area (Å²) >= 11 is 15.5. The molecule has 0 fully saturated rings. The average Bonchev–Trinajstić information content (AvgIpc) is 2.77. The summed E-state index contributed by atoms with van der Waals surface area (Å²) in [7, 11) is 0. The first kappa shape index (κ1) is 14.5. The lowest BCUT2D eigenvalue weighted by atomic mass is 10.2. The van der Waals surface area contributed by atoms with Gasteiger partial charge in [0.1, 0.15) is 9.87 Å². The van der Waals surface area contributed by atoms with E-state index in [9.17, 15) is 4.79 Å². The highest BCUT2D eigenvalue weighted by Gasteiger charge is 2.13. The largest absolute Gasteiger partial charge is 0.389 e. The van der Waals surface area contributed by atoms with Crippen molar-refractivity contribution < 1.29 is 4.79 Å². The number of nitrogens with one attached hydrogen (secondary N) is 1. The predicted molar refractivity (Wildman–Crippen MR) is 87.3 cm³/mol. The third-order valence-electron chi connectivity index (χ3n) is 2.33. The smallest absolute Gasteiger partial charge is 0.267 e. The minimum absolute atomic E-state index is 0.247. The summed E-state index contributed by atoms with van der Waals surface area (Å²) in [4.78, 5) is 12.8. The monoisotopic (exact) mass is 374 g/mol. The molecule has 0 aliphatic carbocycles. The Balaban J connectivity index is 2.23. The van der Waals surface area contributed by atoms with Gasteiger partial charge in [-0.1, -0.05) is 23.8 Å². The molecule has 98 valence electrons. The third kappa shape index (κ3) is 3.33. The van der Waals surface area contributed by atoms with Crippen LogP contribution in [0.3, 0.4) is 0 Å². The van der Waals surface area contributed by atoms with E-state index in [0.717, 1.165) is 5.56 Å². The standard InChI is InChI=1S/C12H8BrClN2OS2/c13-7-5-6(11(15)18)1-2-9(7)16-12(17)10-8(14)3-4-19-10/h1-5H,(H2,15,18)(H,16,17). The molecule has 0 spiro atoms. The highest BCUT2D eigenvalue weighted by atomic mass is 79.9. The van der Waals surface area contributed by atoms with Crippen molar-refractivity contribution in [3.63, 3.8) is 0 Å². The van der Waals surface area contributed by atoms with E-state index in [1.807, 2.05) is 0 Å². The van der Waals surface area contributed by atoms with E-state index in [-0.39, 0.29) is 5.91 Å². The lowest BCUT2D eigenvalue weighted by Gasteiger charge is -2.08. The zero-order chi connectivity index (χ0) is 14.0. The van der Waals surface area contributed by atoms with E-state index in [1.165, 1.54) is 11.3 Å². The van der Waals surface area contributed by atoms with E-state index in [2.05, 4.69) is 21.2 Å². The molecule has 19 heavy (non-hydrogen) atoms. The Bertz CT molecular complexity index is 657. The van der Waals surface area contributed by atoms with Crippen LogP contribution in [0.25, 0.3) is 0 Å². The number of amides is 1. The van der Waals surface area contributed by atoms with Gasteiger partial charge in [-0.15, -0.1) is 11.3 Å². The first-order valence-electron chi connectivity index (χ1n) is 5.12. The summed E-state index contributed by atoms with van der Waals surface area (Å²) in [5, 5.41) is 4.98. The van der Waals surface area contributed by atoms with Gasteiger partial charge in [-0.3, -0.25) is 4.79 Å². The number of thiophene rings is 1. The van der Waals surface area contributed by atoms with E-state index in [4.69, 9.17) is 29.6 Å². The predicted octanol–water partition coefficient (Wildman–Crippen LogP) is 4.05. The molecule has 1 aromatic heterocycles. The normalized spacial score (nSPS) is 10.2. The number of rotatable bonds is 3. The fraction of sp³-hybridized carbons (Fsp3) is 0. The van der Waals surface area contributed by atoms with E-state index in [0.29, 0.717) is 25.0 Å². The van der Waals surface area contributed by atoms with Crippen LogP contribution in [0.4, 0.5) is 5.69 Å². The van der Waals surface area contributed by atoms with Crippen molar-refractivity contribution in [1.82, 2.24) is 0 Å². The zero-order valence-corrected chi connectivity index (χ0v) is 13.4. The molecule has 0 radical (unpaired) electrons. The molecule has 0 atom stereocenters. The third-order valence-corrected chi connectivity index (χ3v) is 4.56. The fourth-order valence-electron chi connectivity index (χ4n) is 1.40. The molecular formula is C12H8BrClN2OS2. The molecule has 7 heteroatoms. The van der Waals surface area contributed by atoms with E-state index in [1.54, 1.807) is 29.6 Å². The van der Waals surface area contributed by atoms with Gasteiger partial charge < -0.3 is 11.1 Å². The molecule has 0 aliphatic heterocycles. The van der Waals surface area contributed by atoms with Gasteiger partial charge in [0.2, 0.25) is 0 Å². The van der Waals surface area contributed by atoms with Crippen LogP contribution in [-0.4, -0.2) is 10.9 Å². The maximum absolute atomic E-state index is 12.0. The number of carbonyl (C=O) groups is 1. The van der Waals surface area contributed by atoms with Crippen molar-refractivity contribution in [3.8, 4) is 0 Å². The molecule has 0 saturated heterocycles. The molecule has 0 saturated carbocycles. The Kier molecular flexibility index (Phi) is 4.57. The number of hydrogen-bond donors (Lipinski definition) is 2. The molecule has 0 unspecified atom stereocenters. The number of hydrogen-bond acceptors (Lipinski definition) is 3. The second-order valence-corrected chi connectivity index (χ2v) is 6.23. The van der Waals surface area contributed by atoms with Crippen LogP contribution < -0.4 is 11.1 Å². The Morgan fingerprint density at radius 1 is 1.42 bits per heavy atom. The number of carbonyl (C=O) groups excluding carboxylic acids is 1. The van der Waals surface area contributed by atoms with Crippen LogP contribution in [0, 0.1) is 0 Å². The zero-order valence-electron chi connectivity index (χ0n) is 9.44. The number of nitrogens with two attached hydrogens (primary N) is 1. The van der Waals surface area contributed by atoms with Crippen LogP contribution in [0.15, 0.2) is 34.1 Å². The average molecular weight is 376 g/mol. The molecule has 0 bridgehead atoms. The number of anilines is 1. The first-order chi connectivity index (χ1) is 8.99. The Hall–Kier alpha value is -0.950. The molecule has 1 heterocycles. The summed E-state index contributed by atoms with van der Waals surface area (Å²) in [6.45, 7) is 0. The molecule has 1 aromatic carbocycles. The van der Waals surface area contributed by atoms with Gasteiger partial charge in [0.25, 0.3) is 5.91 Å². The van der Waals surface area contributed by atoms with Crippen LogP contribution in [0.2, 0.25) is 5.02 Å². The van der Waals surface area contributed by atoms with Gasteiger partial charge in [0.15, 0.2) is 0 Å². The van der Waals surface area contributed by atoms with Crippen molar-refractivity contribution in [2.45, 2.75) is 0 Å². The van der Waals surface area contributed by atoms with Gasteiger partial charge in [-0.25, -0.2) is 0 Å². The highest BCUT2D eigenvalue weighted by Crippen LogP contribution is 2.27. The van der Waals surface area contributed by atoms with Gasteiger partial charge in [-0.2, -0.15) is 0 Å². The molecule has 2 rings (SSSR count). The quantitative estimate of drug-likeness (QED) is 0.796. The van der Waals surface area contributed by atoms with Crippen molar-refractivity contribution in [2.24, 2.45) is 5.73 Å². The van der Waals surface area contributed by atoms with Crippen LogP contribution in [-0.2, 0) is 0 Å². The minimum atomic E-state index is -0.247. The van der Waals surface area contributed by atoms with E-state index < -0.39 is 0 Å². The van der Waals surface area contributed by atoms with Crippen molar-refractivity contribution in [3.05, 3.63) is 49.6 Å². The number of benzene rings is 1. The number of halogens is 2. The number of thiocarbonyl (C=S) groups is 1. The van der Waals surface area contributed by atoms with Crippen molar-refractivity contribution >= 4 is 67.7 Å². The summed E-state index contributed by atoms with van der Waals surface area (Å²) in [6, 6.07) is 6.93. The second-order valence-electron chi connectivity index (χ2n) is 3.61. The topological polar surface area (TPSA) is 55.1 Å². The summed E-state index contributed by atoms with van der Waals surface area (Å²) < 4.78 is 0.707. The second kappa shape index (κ2) is 6.00. The van der Waals surface area contributed by atoms with Crippen molar-refractivity contribution in [2.75, 3.05) is 5.32 Å². The van der Waals surface area contributed by atoms with Gasteiger partial charge in [0, 0.05) is 10.0 Å². The van der Waals surface area contributed by atoms with Gasteiger partial charge >= 0.3 is 0 Å². The lowest BCUT2D eigenvalue weighted by molar-refractivity contribution is 0.103. The molecule has 2 aromatic rings. The SMILES string of the molecule is NC(=S)c1ccc(NC(=O)c2sccc2Cl)c(Br)c1. The molecular weight excluding hydrogens is 368 g/mol. The summed E-state index contributed by atoms with van der Waals surface area (Å²) in [5.41, 5.74) is 6.90. The molecule has 0 aliphatic rings. The Morgan fingerprint density at radius 2 is 2.16 bits per heavy atom. The highest BCUT2D eigenvalue weighted by molar-refractivity contribution is 9.10. The lowest BCUT2D eigenvalue weighted by Crippen LogP contribution is -2.13. The van der Waals surface area contributed by atoms with E-state index >= 15 is 0 Å². The maximum Gasteiger partial charge on any atom is 0.267 e. The molecule has 3 N–H and O–H groups in total. The van der Waals surface area contributed by atoms with Gasteiger partial charge in [-0.05, 0) is 45.6 Å². The maximum atomic E-state index is 12.0. The molecule has 3 nitrogen and oxygen atoms in total. The Labute approximate surface area is 132 Å². The minimum Gasteiger partial charge on any atom is -0.389 e.